The molecule has 0 spiro atoms. The third kappa shape index (κ3) is 4.32. The van der Waals surface area contributed by atoms with Crippen LogP contribution in [0.1, 0.15) is 24.5 Å². The van der Waals surface area contributed by atoms with E-state index in [9.17, 15) is 5.11 Å². The van der Waals surface area contributed by atoms with Crippen LogP contribution in [0, 0.1) is 0 Å². The van der Waals surface area contributed by atoms with Crippen LogP contribution in [0.4, 0.5) is 0 Å². The minimum atomic E-state index is -0.307. The molecule has 0 bridgehead atoms. The molecule has 20 heavy (non-hydrogen) atoms. The van der Waals surface area contributed by atoms with Gasteiger partial charge in [0, 0.05) is 30.2 Å². The number of hydrogen-bond donors (Lipinski definition) is 1. The molecule has 3 nitrogen and oxygen atoms in total. The number of nitrogens with zero attached hydrogens (tertiary/aromatic N) is 1. The molecule has 1 heterocycles. The normalized spacial score (nSPS) is 21.6. The van der Waals surface area contributed by atoms with Crippen LogP contribution >= 0.6 is 11.6 Å². The number of hydrogen-bond acceptors (Lipinski definition) is 3. The number of allylic oxidation sites excluding steroid dienone is 1. The molecule has 1 aromatic carbocycles. The molecule has 0 radical (unpaired) electrons. The summed E-state index contributed by atoms with van der Waals surface area (Å²) in [6.07, 6.45) is 3.13. The topological polar surface area (TPSA) is 32.7 Å². The molecular formula is C16H22ClNO2. The predicted molar refractivity (Wildman–Crippen MR) is 82.0 cm³/mol. The van der Waals surface area contributed by atoms with Gasteiger partial charge in [0.2, 0.25) is 0 Å². The SMILES string of the molecule is C=CCCC(O)CN1CCOC(c2ccccc2Cl)C1. The minimum absolute atomic E-state index is 0.0101. The summed E-state index contributed by atoms with van der Waals surface area (Å²) in [5.74, 6) is 0. The van der Waals surface area contributed by atoms with E-state index in [1.54, 1.807) is 0 Å². The quantitative estimate of drug-likeness (QED) is 0.819. The van der Waals surface area contributed by atoms with E-state index in [1.807, 2.05) is 30.3 Å². The molecule has 2 unspecified atom stereocenters. The number of halogens is 1. The van der Waals surface area contributed by atoms with E-state index < -0.39 is 0 Å². The van der Waals surface area contributed by atoms with Crippen LogP contribution in [-0.4, -0.2) is 42.4 Å². The summed E-state index contributed by atoms with van der Waals surface area (Å²) in [6, 6.07) is 7.79. The number of aliphatic hydroxyl groups excluding tert-OH is 1. The van der Waals surface area contributed by atoms with Gasteiger partial charge in [-0.05, 0) is 18.9 Å². The molecule has 1 fully saturated rings. The highest BCUT2D eigenvalue weighted by Crippen LogP contribution is 2.28. The van der Waals surface area contributed by atoms with E-state index in [0.29, 0.717) is 13.2 Å². The Morgan fingerprint density at radius 3 is 3.05 bits per heavy atom. The molecule has 1 aromatic rings. The first-order valence-electron chi connectivity index (χ1n) is 7.08. The Balaban J connectivity index is 1.92. The first-order valence-corrected chi connectivity index (χ1v) is 7.46. The fourth-order valence-corrected chi connectivity index (χ4v) is 2.75. The van der Waals surface area contributed by atoms with Crippen LogP contribution in [0.3, 0.4) is 0 Å². The molecule has 0 amide bonds. The summed E-state index contributed by atoms with van der Waals surface area (Å²) in [7, 11) is 0. The van der Waals surface area contributed by atoms with E-state index in [2.05, 4.69) is 11.5 Å². The highest BCUT2D eigenvalue weighted by Gasteiger charge is 2.24. The van der Waals surface area contributed by atoms with Crippen LogP contribution in [0.25, 0.3) is 0 Å². The van der Waals surface area contributed by atoms with Gasteiger partial charge < -0.3 is 9.84 Å². The number of rotatable bonds is 6. The van der Waals surface area contributed by atoms with Gasteiger partial charge in [0.15, 0.2) is 0 Å². The maximum atomic E-state index is 9.99. The lowest BCUT2D eigenvalue weighted by atomic mass is 10.1. The van der Waals surface area contributed by atoms with Gasteiger partial charge in [-0.2, -0.15) is 0 Å². The van der Waals surface area contributed by atoms with Crippen LogP contribution < -0.4 is 0 Å². The van der Waals surface area contributed by atoms with E-state index in [-0.39, 0.29) is 12.2 Å². The number of β-amino-alcohol motifs (C(OH)–C–C–N with tert-alkyl or cyclic N) is 1. The molecular weight excluding hydrogens is 274 g/mol. The zero-order valence-electron chi connectivity index (χ0n) is 11.7. The van der Waals surface area contributed by atoms with Crippen molar-refractivity contribution in [2.45, 2.75) is 25.0 Å². The maximum absolute atomic E-state index is 9.99. The van der Waals surface area contributed by atoms with Crippen molar-refractivity contribution in [3.8, 4) is 0 Å². The Kier molecular flexibility index (Phi) is 6.05. The highest BCUT2D eigenvalue weighted by molar-refractivity contribution is 6.31. The molecule has 1 saturated heterocycles. The summed E-state index contributed by atoms with van der Waals surface area (Å²) >= 11 is 6.22. The largest absolute Gasteiger partial charge is 0.392 e. The van der Waals surface area contributed by atoms with Gasteiger partial charge in [-0.15, -0.1) is 6.58 Å². The number of aliphatic hydroxyl groups is 1. The van der Waals surface area contributed by atoms with Gasteiger partial charge in [0.25, 0.3) is 0 Å². The fourth-order valence-electron chi connectivity index (χ4n) is 2.49. The molecule has 1 aliphatic heterocycles. The third-order valence-corrected chi connectivity index (χ3v) is 3.92. The molecule has 0 saturated carbocycles. The van der Waals surface area contributed by atoms with E-state index >= 15 is 0 Å². The van der Waals surface area contributed by atoms with Crippen molar-refractivity contribution in [3.05, 3.63) is 47.5 Å². The molecule has 1 N–H and O–H groups in total. The zero-order chi connectivity index (χ0) is 14.4. The fraction of sp³-hybridized carbons (Fsp3) is 0.500. The summed E-state index contributed by atoms with van der Waals surface area (Å²) in [5, 5.41) is 10.7. The first kappa shape index (κ1) is 15.5. The molecule has 2 atom stereocenters. The number of morpholine rings is 1. The second-order valence-corrected chi connectivity index (χ2v) is 5.57. The third-order valence-electron chi connectivity index (χ3n) is 3.58. The monoisotopic (exact) mass is 295 g/mol. The molecule has 0 aliphatic carbocycles. The average molecular weight is 296 g/mol. The Morgan fingerprint density at radius 1 is 1.50 bits per heavy atom. The van der Waals surface area contributed by atoms with E-state index in [1.165, 1.54) is 0 Å². The molecule has 1 aliphatic rings. The lowest BCUT2D eigenvalue weighted by Crippen LogP contribution is -2.42. The van der Waals surface area contributed by atoms with Crippen molar-refractivity contribution in [2.24, 2.45) is 0 Å². The van der Waals surface area contributed by atoms with Gasteiger partial charge in [0.05, 0.1) is 18.8 Å². The summed E-state index contributed by atoms with van der Waals surface area (Å²) in [4.78, 5) is 2.24. The van der Waals surface area contributed by atoms with Gasteiger partial charge in [-0.25, -0.2) is 0 Å². The van der Waals surface area contributed by atoms with Crippen molar-refractivity contribution in [3.63, 3.8) is 0 Å². The van der Waals surface area contributed by atoms with E-state index in [4.69, 9.17) is 16.3 Å². The van der Waals surface area contributed by atoms with Crippen molar-refractivity contribution in [2.75, 3.05) is 26.2 Å². The van der Waals surface area contributed by atoms with Gasteiger partial charge in [-0.3, -0.25) is 4.90 Å². The Bertz CT molecular complexity index is 438. The number of benzene rings is 1. The summed E-state index contributed by atoms with van der Waals surface area (Å²) in [5.41, 5.74) is 1.03. The Hall–Kier alpha value is -0.870. The highest BCUT2D eigenvalue weighted by atomic mass is 35.5. The van der Waals surface area contributed by atoms with Crippen molar-refractivity contribution in [1.82, 2.24) is 4.90 Å². The lowest BCUT2D eigenvalue weighted by Gasteiger charge is -2.34. The van der Waals surface area contributed by atoms with Gasteiger partial charge in [0.1, 0.15) is 0 Å². The van der Waals surface area contributed by atoms with Gasteiger partial charge in [-0.1, -0.05) is 35.9 Å². The van der Waals surface area contributed by atoms with Crippen molar-refractivity contribution in [1.29, 1.82) is 0 Å². The second-order valence-electron chi connectivity index (χ2n) is 5.16. The zero-order valence-corrected chi connectivity index (χ0v) is 12.4. The van der Waals surface area contributed by atoms with Crippen LogP contribution in [0.5, 0.6) is 0 Å². The first-order chi connectivity index (χ1) is 9.70. The maximum Gasteiger partial charge on any atom is 0.0966 e. The van der Waals surface area contributed by atoms with Crippen molar-refractivity contribution >= 4 is 11.6 Å². The Labute approximate surface area is 125 Å². The molecule has 110 valence electrons. The van der Waals surface area contributed by atoms with Crippen LogP contribution in [-0.2, 0) is 4.74 Å². The second kappa shape index (κ2) is 7.79. The smallest absolute Gasteiger partial charge is 0.0966 e. The molecule has 0 aromatic heterocycles. The van der Waals surface area contributed by atoms with Gasteiger partial charge >= 0.3 is 0 Å². The molecule has 4 heteroatoms. The average Bonchev–Trinajstić information content (AvgIpc) is 2.46. The summed E-state index contributed by atoms with van der Waals surface area (Å²) in [6.45, 7) is 6.66. The standard InChI is InChI=1S/C16H22ClNO2/c1-2-3-6-13(19)11-18-9-10-20-16(12-18)14-7-4-5-8-15(14)17/h2,4-5,7-8,13,16,19H,1,3,6,9-12H2. The molecule has 2 rings (SSSR count). The lowest BCUT2D eigenvalue weighted by molar-refractivity contribution is -0.0425. The van der Waals surface area contributed by atoms with Crippen LogP contribution in [0.15, 0.2) is 36.9 Å². The predicted octanol–water partition coefficient (Wildman–Crippen LogP) is 3.04. The minimum Gasteiger partial charge on any atom is -0.392 e. The Morgan fingerprint density at radius 2 is 2.30 bits per heavy atom. The van der Waals surface area contributed by atoms with Crippen molar-refractivity contribution < 1.29 is 9.84 Å². The van der Waals surface area contributed by atoms with Crippen LogP contribution in [0.2, 0.25) is 5.02 Å². The van der Waals surface area contributed by atoms with E-state index in [0.717, 1.165) is 36.5 Å². The number of ether oxygens (including phenoxy) is 1. The summed E-state index contributed by atoms with van der Waals surface area (Å²) < 4.78 is 5.81.